The second-order valence-corrected chi connectivity index (χ2v) is 6.27. The summed E-state index contributed by atoms with van der Waals surface area (Å²) in [5.41, 5.74) is 0.704. The highest BCUT2D eigenvalue weighted by Gasteiger charge is 2.16. The van der Waals surface area contributed by atoms with Crippen molar-refractivity contribution >= 4 is 33.5 Å². The molecule has 0 amide bonds. The van der Waals surface area contributed by atoms with Crippen LogP contribution in [-0.2, 0) is 6.54 Å². The monoisotopic (exact) mass is 304 g/mol. The third-order valence-corrected chi connectivity index (χ3v) is 3.72. The molecule has 0 aliphatic carbocycles. The molecule has 0 saturated carbocycles. The van der Waals surface area contributed by atoms with Crippen LogP contribution in [0.25, 0.3) is 0 Å². The van der Waals surface area contributed by atoms with E-state index >= 15 is 0 Å². The number of nitrogens with zero attached hydrogens (tertiary/aromatic N) is 2. The maximum absolute atomic E-state index is 12.0. The minimum absolute atomic E-state index is 0.150. The number of Topliss-reactive ketones (excluding diaryl/α,β-unsaturated/α-hetero) is 1. The zero-order valence-corrected chi connectivity index (χ0v) is 12.3. The summed E-state index contributed by atoms with van der Waals surface area (Å²) in [4.78, 5) is 12.0. The Morgan fingerprint density at radius 1 is 1.62 bits per heavy atom. The number of hydrogen-bond donors (Lipinski definition) is 0. The summed E-state index contributed by atoms with van der Waals surface area (Å²) in [5, 5.41) is 4.67. The van der Waals surface area contributed by atoms with Gasteiger partial charge in [-0.15, -0.1) is 0 Å². The molecule has 0 fully saturated rings. The standard InChI is InChI=1S/C11H17BrN2OS/c1-4-5-14-11(9(12)6-13-14)10(15)7-16-8(2)3/h6,8H,4-5,7H2,1-3H3. The van der Waals surface area contributed by atoms with E-state index in [1.807, 2.05) is 0 Å². The van der Waals surface area contributed by atoms with Crippen LogP contribution < -0.4 is 0 Å². The number of carbonyl (C=O) groups excluding carboxylic acids is 1. The van der Waals surface area contributed by atoms with Crippen LogP contribution in [0.4, 0.5) is 0 Å². The Kier molecular flexibility index (Phi) is 5.55. The van der Waals surface area contributed by atoms with Crippen molar-refractivity contribution in [1.82, 2.24) is 9.78 Å². The molecule has 0 aromatic carbocycles. The van der Waals surface area contributed by atoms with Crippen LogP contribution in [0.2, 0.25) is 0 Å². The second kappa shape index (κ2) is 6.45. The van der Waals surface area contributed by atoms with Crippen molar-refractivity contribution in [1.29, 1.82) is 0 Å². The number of hydrogen-bond acceptors (Lipinski definition) is 3. The first-order valence-corrected chi connectivity index (χ1v) is 7.26. The largest absolute Gasteiger partial charge is 0.291 e. The van der Waals surface area contributed by atoms with E-state index in [2.05, 4.69) is 41.8 Å². The molecule has 1 aromatic rings. The number of thioether (sulfide) groups is 1. The van der Waals surface area contributed by atoms with Crippen molar-refractivity contribution in [2.24, 2.45) is 0 Å². The Labute approximate surface area is 109 Å². The lowest BCUT2D eigenvalue weighted by Gasteiger charge is -2.07. The first-order valence-electron chi connectivity index (χ1n) is 5.42. The van der Waals surface area contributed by atoms with Crippen LogP contribution in [0, 0.1) is 0 Å². The fraction of sp³-hybridized carbons (Fsp3) is 0.636. The summed E-state index contributed by atoms with van der Waals surface area (Å²) >= 11 is 5.04. The average Bonchev–Trinajstić information content (AvgIpc) is 2.57. The van der Waals surface area contributed by atoms with E-state index in [-0.39, 0.29) is 5.78 Å². The smallest absolute Gasteiger partial charge is 0.191 e. The summed E-state index contributed by atoms with van der Waals surface area (Å²) in [6, 6.07) is 0. The van der Waals surface area contributed by atoms with Crippen LogP contribution in [0.1, 0.15) is 37.7 Å². The fourth-order valence-electron chi connectivity index (χ4n) is 1.33. The van der Waals surface area contributed by atoms with Crippen LogP contribution in [0.3, 0.4) is 0 Å². The number of rotatable bonds is 6. The minimum atomic E-state index is 0.150. The van der Waals surface area contributed by atoms with Gasteiger partial charge in [-0.3, -0.25) is 9.48 Å². The third-order valence-electron chi connectivity index (χ3n) is 2.04. The highest BCUT2D eigenvalue weighted by Crippen LogP contribution is 2.20. The highest BCUT2D eigenvalue weighted by atomic mass is 79.9. The molecule has 5 heteroatoms. The molecule has 1 rings (SSSR count). The molecule has 0 spiro atoms. The molecule has 1 aromatic heterocycles. The van der Waals surface area contributed by atoms with Gasteiger partial charge < -0.3 is 0 Å². The van der Waals surface area contributed by atoms with Crippen molar-refractivity contribution < 1.29 is 4.79 Å². The van der Waals surface area contributed by atoms with E-state index in [1.165, 1.54) is 0 Å². The topological polar surface area (TPSA) is 34.9 Å². The lowest BCUT2D eigenvalue weighted by Crippen LogP contribution is -2.13. The molecule has 0 radical (unpaired) electrons. The summed E-state index contributed by atoms with van der Waals surface area (Å²) < 4.78 is 2.59. The number of aryl methyl sites for hydroxylation is 1. The molecule has 0 saturated heterocycles. The van der Waals surface area contributed by atoms with Gasteiger partial charge in [-0.25, -0.2) is 0 Å². The van der Waals surface area contributed by atoms with E-state index < -0.39 is 0 Å². The SMILES string of the molecule is CCCn1ncc(Br)c1C(=O)CSC(C)C. The lowest BCUT2D eigenvalue weighted by molar-refractivity contribution is 0.101. The molecular weight excluding hydrogens is 288 g/mol. The van der Waals surface area contributed by atoms with E-state index in [1.54, 1.807) is 22.6 Å². The Hall–Kier alpha value is -0.290. The van der Waals surface area contributed by atoms with E-state index in [0.29, 0.717) is 16.7 Å². The molecule has 0 bridgehead atoms. The van der Waals surface area contributed by atoms with Crippen LogP contribution >= 0.6 is 27.7 Å². The Bertz CT molecular complexity index is 363. The van der Waals surface area contributed by atoms with Crippen molar-refractivity contribution in [3.05, 3.63) is 16.4 Å². The quantitative estimate of drug-likeness (QED) is 0.756. The second-order valence-electron chi connectivity index (χ2n) is 3.85. The summed E-state index contributed by atoms with van der Waals surface area (Å²) in [6.07, 6.45) is 2.68. The average molecular weight is 305 g/mol. The maximum Gasteiger partial charge on any atom is 0.191 e. The normalized spacial score (nSPS) is 11.1. The fourth-order valence-corrected chi connectivity index (χ4v) is 2.47. The van der Waals surface area contributed by atoms with Gasteiger partial charge >= 0.3 is 0 Å². The molecule has 16 heavy (non-hydrogen) atoms. The molecule has 90 valence electrons. The molecule has 0 aliphatic rings. The number of halogens is 1. The van der Waals surface area contributed by atoms with Gasteiger partial charge in [0.1, 0.15) is 5.69 Å². The molecule has 0 unspecified atom stereocenters. The molecule has 0 N–H and O–H groups in total. The number of ketones is 1. The maximum atomic E-state index is 12.0. The Morgan fingerprint density at radius 2 is 2.31 bits per heavy atom. The van der Waals surface area contributed by atoms with Crippen LogP contribution in [0.5, 0.6) is 0 Å². The van der Waals surface area contributed by atoms with E-state index in [9.17, 15) is 4.79 Å². The summed E-state index contributed by atoms with van der Waals surface area (Å²) in [6.45, 7) is 7.05. The third kappa shape index (κ3) is 3.63. The molecule has 3 nitrogen and oxygen atoms in total. The van der Waals surface area contributed by atoms with Gasteiger partial charge in [-0.05, 0) is 27.6 Å². The van der Waals surface area contributed by atoms with Crippen molar-refractivity contribution in [3.8, 4) is 0 Å². The molecule has 0 aliphatic heterocycles. The van der Waals surface area contributed by atoms with Gasteiger partial charge in [0.05, 0.1) is 16.4 Å². The van der Waals surface area contributed by atoms with Gasteiger partial charge in [-0.1, -0.05) is 20.8 Å². The number of aromatic nitrogens is 2. The van der Waals surface area contributed by atoms with Gasteiger partial charge in [0.15, 0.2) is 5.78 Å². The van der Waals surface area contributed by atoms with Gasteiger partial charge in [0.25, 0.3) is 0 Å². The van der Waals surface area contributed by atoms with Crippen molar-refractivity contribution in [2.75, 3.05) is 5.75 Å². The van der Waals surface area contributed by atoms with E-state index in [4.69, 9.17) is 0 Å². The first-order chi connectivity index (χ1) is 7.56. The summed E-state index contributed by atoms with van der Waals surface area (Å²) in [5.74, 6) is 0.669. The zero-order chi connectivity index (χ0) is 12.1. The lowest BCUT2D eigenvalue weighted by atomic mass is 10.3. The Balaban J connectivity index is 2.76. The number of carbonyl (C=O) groups is 1. The van der Waals surface area contributed by atoms with Gasteiger partial charge in [0, 0.05) is 6.54 Å². The van der Waals surface area contributed by atoms with Crippen molar-refractivity contribution in [3.63, 3.8) is 0 Å². The minimum Gasteiger partial charge on any atom is -0.291 e. The van der Waals surface area contributed by atoms with Crippen LogP contribution in [-0.4, -0.2) is 26.6 Å². The predicted molar refractivity (Wildman–Crippen MR) is 72.1 cm³/mol. The molecular formula is C11H17BrN2OS. The molecule has 1 heterocycles. The molecule has 0 atom stereocenters. The summed E-state index contributed by atoms with van der Waals surface area (Å²) in [7, 11) is 0. The van der Waals surface area contributed by atoms with E-state index in [0.717, 1.165) is 17.4 Å². The van der Waals surface area contributed by atoms with Crippen LogP contribution in [0.15, 0.2) is 10.7 Å². The van der Waals surface area contributed by atoms with Gasteiger partial charge in [0.2, 0.25) is 0 Å². The Morgan fingerprint density at radius 3 is 2.88 bits per heavy atom. The van der Waals surface area contributed by atoms with Crippen molar-refractivity contribution in [2.45, 2.75) is 39.0 Å². The highest BCUT2D eigenvalue weighted by molar-refractivity contribution is 9.10. The first kappa shape index (κ1) is 13.8. The zero-order valence-electron chi connectivity index (χ0n) is 9.86. The predicted octanol–water partition coefficient (Wildman–Crippen LogP) is 3.38. The van der Waals surface area contributed by atoms with Gasteiger partial charge in [-0.2, -0.15) is 16.9 Å².